The summed E-state index contributed by atoms with van der Waals surface area (Å²) < 4.78 is 11.2. The monoisotopic (exact) mass is 305 g/mol. The van der Waals surface area contributed by atoms with E-state index in [0.29, 0.717) is 5.67 Å². The van der Waals surface area contributed by atoms with Gasteiger partial charge in [-0.3, -0.25) is 0 Å². The topological polar surface area (TPSA) is 30.5 Å². The van der Waals surface area contributed by atoms with Crippen molar-refractivity contribution in [2.75, 3.05) is 20.4 Å². The first kappa shape index (κ1) is 19.3. The maximum atomic E-state index is 5.60. The summed E-state index contributed by atoms with van der Waals surface area (Å²) in [5.41, 5.74) is 0.703. The van der Waals surface area contributed by atoms with E-state index in [9.17, 15) is 0 Å². The molecule has 0 aromatic heterocycles. The van der Waals surface area contributed by atoms with Gasteiger partial charge in [0.2, 0.25) is 0 Å². The van der Waals surface area contributed by atoms with E-state index in [0.717, 1.165) is 6.17 Å². The average molecular weight is 306 g/mol. The van der Waals surface area contributed by atoms with E-state index in [2.05, 4.69) is 39.6 Å². The second-order valence-electron chi connectivity index (χ2n) is 5.69. The zero-order valence-electron chi connectivity index (χ0n) is 14.1. The molecule has 0 amide bonds. The predicted molar refractivity (Wildman–Crippen MR) is 89.5 cm³/mol. The first-order valence-corrected chi connectivity index (χ1v) is 13.0. The second kappa shape index (κ2) is 9.29. The standard InChI is InChI=1S/C14H35NO2Si2/c1-8-12-14(19(9-2,10-3)11-4)15-13-18(7,16-5)17-6/h14-15H,8-13H2,1-7H3. The van der Waals surface area contributed by atoms with Gasteiger partial charge in [0.25, 0.3) is 0 Å². The molecule has 1 atom stereocenters. The summed E-state index contributed by atoms with van der Waals surface area (Å²) in [6.07, 6.45) is 3.45. The molecule has 19 heavy (non-hydrogen) atoms. The summed E-state index contributed by atoms with van der Waals surface area (Å²) in [4.78, 5) is 0. The Bertz CT molecular complexity index is 223. The first-order chi connectivity index (χ1) is 8.97. The van der Waals surface area contributed by atoms with Gasteiger partial charge in [-0.1, -0.05) is 52.2 Å². The Morgan fingerprint density at radius 1 is 0.947 bits per heavy atom. The molecular weight excluding hydrogens is 270 g/mol. The van der Waals surface area contributed by atoms with E-state index in [1.54, 1.807) is 14.2 Å². The van der Waals surface area contributed by atoms with Crippen molar-refractivity contribution in [3.63, 3.8) is 0 Å². The second-order valence-corrected chi connectivity index (χ2v) is 14.7. The minimum absolute atomic E-state index is 0.703. The van der Waals surface area contributed by atoms with Crippen LogP contribution >= 0.6 is 0 Å². The van der Waals surface area contributed by atoms with E-state index in [-0.39, 0.29) is 0 Å². The number of hydrogen-bond donors (Lipinski definition) is 1. The quantitative estimate of drug-likeness (QED) is 0.590. The largest absolute Gasteiger partial charge is 0.397 e. The van der Waals surface area contributed by atoms with Crippen LogP contribution in [0.15, 0.2) is 0 Å². The van der Waals surface area contributed by atoms with Gasteiger partial charge < -0.3 is 14.2 Å². The van der Waals surface area contributed by atoms with Gasteiger partial charge in [0.1, 0.15) is 0 Å². The summed E-state index contributed by atoms with van der Waals surface area (Å²) in [6.45, 7) is 11.6. The van der Waals surface area contributed by atoms with Crippen LogP contribution in [0.2, 0.25) is 24.7 Å². The molecule has 0 fully saturated rings. The number of nitrogens with one attached hydrogen (secondary N) is 1. The van der Waals surface area contributed by atoms with Gasteiger partial charge in [-0.25, -0.2) is 0 Å². The molecule has 5 heteroatoms. The van der Waals surface area contributed by atoms with Gasteiger partial charge in [-0.15, -0.1) is 0 Å². The Kier molecular flexibility index (Phi) is 9.44. The summed E-state index contributed by atoms with van der Waals surface area (Å²) in [6, 6.07) is 4.11. The Balaban J connectivity index is 4.81. The molecule has 0 saturated heterocycles. The minimum atomic E-state index is -2.00. The Labute approximate surface area is 122 Å². The van der Waals surface area contributed by atoms with Crippen LogP contribution in [0.1, 0.15) is 40.5 Å². The van der Waals surface area contributed by atoms with Crippen LogP contribution < -0.4 is 5.32 Å². The van der Waals surface area contributed by atoms with Crippen LogP contribution in [-0.2, 0) is 8.85 Å². The van der Waals surface area contributed by atoms with Gasteiger partial charge in [-0.05, 0) is 13.0 Å². The minimum Gasteiger partial charge on any atom is -0.397 e. The average Bonchev–Trinajstić information content (AvgIpc) is 2.46. The Morgan fingerprint density at radius 2 is 1.42 bits per heavy atom. The molecule has 0 aliphatic rings. The first-order valence-electron chi connectivity index (χ1n) is 7.81. The van der Waals surface area contributed by atoms with Crippen molar-refractivity contribution in [3.05, 3.63) is 0 Å². The zero-order chi connectivity index (χ0) is 14.9. The molecule has 1 unspecified atom stereocenters. The molecule has 0 aliphatic carbocycles. The molecular formula is C14H35NO2Si2. The molecule has 0 aromatic carbocycles. The Morgan fingerprint density at radius 3 is 1.74 bits per heavy atom. The van der Waals surface area contributed by atoms with Crippen molar-refractivity contribution in [3.8, 4) is 0 Å². The number of hydrogen-bond acceptors (Lipinski definition) is 3. The third-order valence-corrected chi connectivity index (χ3v) is 13.7. The van der Waals surface area contributed by atoms with E-state index >= 15 is 0 Å². The molecule has 0 aromatic rings. The number of rotatable bonds is 11. The lowest BCUT2D eigenvalue weighted by atomic mass is 10.3. The predicted octanol–water partition coefficient (Wildman–Crippen LogP) is 3.70. The third-order valence-electron chi connectivity index (χ3n) is 4.96. The maximum absolute atomic E-state index is 5.60. The van der Waals surface area contributed by atoms with Crippen LogP contribution in [0.5, 0.6) is 0 Å². The fraction of sp³-hybridized carbons (Fsp3) is 1.00. The highest BCUT2D eigenvalue weighted by Gasteiger charge is 2.38. The lowest BCUT2D eigenvalue weighted by Gasteiger charge is -2.39. The smallest absolute Gasteiger partial charge is 0.348 e. The highest BCUT2D eigenvalue weighted by atomic mass is 28.4. The van der Waals surface area contributed by atoms with Crippen molar-refractivity contribution in [1.82, 2.24) is 5.32 Å². The van der Waals surface area contributed by atoms with Gasteiger partial charge in [0.05, 0.1) is 8.07 Å². The van der Waals surface area contributed by atoms with Crippen molar-refractivity contribution in [2.24, 2.45) is 0 Å². The van der Waals surface area contributed by atoms with Crippen LogP contribution in [-0.4, -0.2) is 42.7 Å². The maximum Gasteiger partial charge on any atom is 0.348 e. The highest BCUT2D eigenvalue weighted by Crippen LogP contribution is 2.27. The van der Waals surface area contributed by atoms with E-state index in [1.807, 2.05) is 0 Å². The van der Waals surface area contributed by atoms with Crippen LogP contribution in [0.3, 0.4) is 0 Å². The SMILES string of the molecule is CCCC(NC[Si](C)(OC)OC)[Si](CC)(CC)CC. The summed E-state index contributed by atoms with van der Waals surface area (Å²) in [5.74, 6) is 0. The summed E-state index contributed by atoms with van der Waals surface area (Å²) in [7, 11) is 0.360. The molecule has 3 nitrogen and oxygen atoms in total. The van der Waals surface area contributed by atoms with Gasteiger partial charge in [0.15, 0.2) is 0 Å². The van der Waals surface area contributed by atoms with Crippen molar-refractivity contribution in [1.29, 1.82) is 0 Å². The van der Waals surface area contributed by atoms with Crippen molar-refractivity contribution >= 4 is 16.6 Å². The lowest BCUT2D eigenvalue weighted by Crippen LogP contribution is -2.58. The Hall–Kier alpha value is 0.314. The van der Waals surface area contributed by atoms with Crippen LogP contribution in [0, 0.1) is 0 Å². The molecule has 0 saturated carbocycles. The fourth-order valence-corrected chi connectivity index (χ4v) is 8.63. The van der Waals surface area contributed by atoms with E-state index in [4.69, 9.17) is 8.85 Å². The zero-order valence-corrected chi connectivity index (χ0v) is 16.1. The lowest BCUT2D eigenvalue weighted by molar-refractivity contribution is 0.246. The van der Waals surface area contributed by atoms with Gasteiger partial charge in [0, 0.05) is 26.1 Å². The van der Waals surface area contributed by atoms with E-state index in [1.165, 1.54) is 31.0 Å². The molecule has 0 aliphatic heterocycles. The third kappa shape index (κ3) is 5.30. The summed E-state index contributed by atoms with van der Waals surface area (Å²) >= 11 is 0. The normalized spacial score (nSPS) is 14.7. The van der Waals surface area contributed by atoms with Crippen molar-refractivity contribution in [2.45, 2.75) is 70.9 Å². The molecule has 1 N–H and O–H groups in total. The molecule has 0 rings (SSSR count). The van der Waals surface area contributed by atoms with Gasteiger partial charge in [-0.2, -0.15) is 0 Å². The molecule has 0 radical (unpaired) electrons. The molecule has 0 spiro atoms. The van der Waals surface area contributed by atoms with E-state index < -0.39 is 16.6 Å². The van der Waals surface area contributed by atoms with Crippen molar-refractivity contribution < 1.29 is 8.85 Å². The molecule has 0 heterocycles. The molecule has 0 bridgehead atoms. The van der Waals surface area contributed by atoms with Gasteiger partial charge >= 0.3 is 8.56 Å². The van der Waals surface area contributed by atoms with Crippen LogP contribution in [0.25, 0.3) is 0 Å². The fourth-order valence-electron chi connectivity index (χ4n) is 2.94. The van der Waals surface area contributed by atoms with Crippen LogP contribution in [0.4, 0.5) is 0 Å². The molecule has 116 valence electrons. The summed E-state index contributed by atoms with van der Waals surface area (Å²) in [5, 5.41) is 3.83. The highest BCUT2D eigenvalue weighted by molar-refractivity contribution is 6.81.